The van der Waals surface area contributed by atoms with Crippen LogP contribution >= 0.6 is 22.7 Å². The molecule has 0 saturated heterocycles. The molecule has 0 atom stereocenters. The van der Waals surface area contributed by atoms with Crippen molar-refractivity contribution in [1.29, 1.82) is 0 Å². The van der Waals surface area contributed by atoms with Gasteiger partial charge < -0.3 is 0 Å². The van der Waals surface area contributed by atoms with E-state index in [-0.39, 0.29) is 5.91 Å². The zero-order valence-electron chi connectivity index (χ0n) is 7.88. The molecular weight excluding hydrogens is 216 g/mol. The van der Waals surface area contributed by atoms with E-state index in [0.29, 0.717) is 0 Å². The molecule has 74 valence electrons. The Morgan fingerprint density at radius 1 is 1.50 bits per heavy atom. The average Bonchev–Trinajstić information content (AvgIpc) is 2.68. The molecular formula is C9H10N2OS2. The minimum Gasteiger partial charge on any atom is -0.289 e. The first-order valence-corrected chi connectivity index (χ1v) is 5.83. The molecule has 0 spiro atoms. The van der Waals surface area contributed by atoms with E-state index in [2.05, 4.69) is 17.7 Å². The number of nitrogen functional groups attached to an aromatic ring is 1. The van der Waals surface area contributed by atoms with Crippen LogP contribution in [-0.2, 0) is 0 Å². The summed E-state index contributed by atoms with van der Waals surface area (Å²) in [7, 11) is 0. The van der Waals surface area contributed by atoms with Gasteiger partial charge in [0.2, 0.25) is 0 Å². The van der Waals surface area contributed by atoms with Crippen LogP contribution in [0, 0.1) is 13.8 Å². The summed E-state index contributed by atoms with van der Waals surface area (Å²) in [5.41, 5.74) is 4.43. The van der Waals surface area contributed by atoms with Crippen molar-refractivity contribution in [2.75, 3.05) is 0 Å². The molecule has 0 saturated carbocycles. The molecule has 0 aliphatic rings. The molecule has 0 aliphatic carbocycles. The summed E-state index contributed by atoms with van der Waals surface area (Å²) in [5.74, 6) is 4.91. The van der Waals surface area contributed by atoms with Crippen molar-refractivity contribution in [2.45, 2.75) is 13.8 Å². The van der Waals surface area contributed by atoms with Gasteiger partial charge in [-0.15, -0.1) is 22.7 Å². The molecule has 2 aromatic heterocycles. The first-order valence-electron chi connectivity index (χ1n) is 4.13. The van der Waals surface area contributed by atoms with Gasteiger partial charge in [-0.1, -0.05) is 0 Å². The second-order valence-corrected chi connectivity index (χ2v) is 5.27. The van der Waals surface area contributed by atoms with Crippen molar-refractivity contribution in [3.05, 3.63) is 21.4 Å². The molecule has 2 heterocycles. The molecule has 1 amide bonds. The summed E-state index contributed by atoms with van der Waals surface area (Å²) in [5, 5.41) is 3.32. The summed E-state index contributed by atoms with van der Waals surface area (Å²) in [6.07, 6.45) is 0. The molecule has 3 N–H and O–H groups in total. The fraction of sp³-hybridized carbons (Fsp3) is 0.222. The first-order chi connectivity index (χ1) is 6.65. The molecule has 0 aromatic carbocycles. The minimum atomic E-state index is -0.199. The maximum Gasteiger partial charge on any atom is 0.275 e. The van der Waals surface area contributed by atoms with Crippen LogP contribution in [0.1, 0.15) is 20.8 Å². The van der Waals surface area contributed by atoms with Crippen LogP contribution in [0.15, 0.2) is 5.38 Å². The van der Waals surface area contributed by atoms with Gasteiger partial charge in [-0.25, -0.2) is 5.84 Å². The van der Waals surface area contributed by atoms with Crippen molar-refractivity contribution in [1.82, 2.24) is 5.43 Å². The van der Waals surface area contributed by atoms with Gasteiger partial charge in [0.1, 0.15) is 0 Å². The fourth-order valence-electron chi connectivity index (χ4n) is 1.51. The van der Waals surface area contributed by atoms with E-state index in [1.807, 2.05) is 6.92 Å². The van der Waals surface area contributed by atoms with Crippen molar-refractivity contribution >= 4 is 38.0 Å². The number of nitrogens with two attached hydrogens (primary N) is 1. The van der Waals surface area contributed by atoms with Crippen molar-refractivity contribution in [3.8, 4) is 0 Å². The predicted octanol–water partition coefficient (Wildman–Crippen LogP) is 2.18. The third-order valence-electron chi connectivity index (χ3n) is 2.19. The number of aryl methyl sites for hydroxylation is 2. The summed E-state index contributed by atoms with van der Waals surface area (Å²) in [6, 6.07) is 0. The van der Waals surface area contributed by atoms with Gasteiger partial charge >= 0.3 is 0 Å². The quantitative estimate of drug-likeness (QED) is 0.445. The fourth-order valence-corrected chi connectivity index (χ4v) is 3.94. The molecule has 0 bridgehead atoms. The van der Waals surface area contributed by atoms with Gasteiger partial charge in [-0.3, -0.25) is 10.2 Å². The number of rotatable bonds is 1. The Labute approximate surface area is 89.5 Å². The number of hydrogen-bond donors (Lipinski definition) is 2. The standard InChI is InChI=1S/C9H10N2OS2/c1-4-3-13-9-6(4)5(2)7(14-9)8(12)11-10/h3H,10H2,1-2H3,(H,11,12). The Kier molecular flexibility index (Phi) is 2.30. The summed E-state index contributed by atoms with van der Waals surface area (Å²) in [6.45, 7) is 4.02. The Morgan fingerprint density at radius 2 is 2.21 bits per heavy atom. The van der Waals surface area contributed by atoms with E-state index in [9.17, 15) is 4.79 Å². The Balaban J connectivity index is 2.69. The van der Waals surface area contributed by atoms with Crippen LogP contribution in [0.4, 0.5) is 0 Å². The Hall–Kier alpha value is -0.910. The topological polar surface area (TPSA) is 55.1 Å². The molecule has 0 fully saturated rings. The molecule has 0 unspecified atom stereocenters. The van der Waals surface area contributed by atoms with Crippen LogP contribution in [0.3, 0.4) is 0 Å². The van der Waals surface area contributed by atoms with Gasteiger partial charge in [0, 0.05) is 5.39 Å². The van der Waals surface area contributed by atoms with Crippen LogP contribution in [0.25, 0.3) is 9.40 Å². The minimum absolute atomic E-state index is 0.199. The van der Waals surface area contributed by atoms with E-state index in [4.69, 9.17) is 5.84 Å². The second kappa shape index (κ2) is 3.34. The number of thiophene rings is 2. The largest absolute Gasteiger partial charge is 0.289 e. The zero-order chi connectivity index (χ0) is 10.3. The third-order valence-corrected chi connectivity index (χ3v) is 4.70. The third kappa shape index (κ3) is 1.25. The molecule has 0 radical (unpaired) electrons. The number of carbonyl (C=O) groups is 1. The Bertz CT molecular complexity index is 498. The van der Waals surface area contributed by atoms with Crippen LogP contribution in [0.5, 0.6) is 0 Å². The van der Waals surface area contributed by atoms with Crippen molar-refractivity contribution in [3.63, 3.8) is 0 Å². The van der Waals surface area contributed by atoms with Gasteiger partial charge in [-0.05, 0) is 30.4 Å². The second-order valence-electron chi connectivity index (χ2n) is 3.11. The van der Waals surface area contributed by atoms with Gasteiger partial charge in [0.15, 0.2) is 0 Å². The number of carbonyl (C=O) groups excluding carboxylic acids is 1. The van der Waals surface area contributed by atoms with E-state index >= 15 is 0 Å². The van der Waals surface area contributed by atoms with Crippen molar-refractivity contribution in [2.24, 2.45) is 5.84 Å². The number of nitrogens with one attached hydrogen (secondary N) is 1. The summed E-state index contributed by atoms with van der Waals surface area (Å²) >= 11 is 3.18. The average molecular weight is 226 g/mol. The number of amides is 1. The zero-order valence-corrected chi connectivity index (χ0v) is 9.51. The predicted molar refractivity (Wildman–Crippen MR) is 60.8 cm³/mol. The van der Waals surface area contributed by atoms with Crippen LogP contribution in [0.2, 0.25) is 0 Å². The van der Waals surface area contributed by atoms with E-state index in [1.54, 1.807) is 11.3 Å². The highest BCUT2D eigenvalue weighted by atomic mass is 32.2. The van der Waals surface area contributed by atoms with E-state index in [0.717, 1.165) is 10.4 Å². The van der Waals surface area contributed by atoms with Gasteiger partial charge in [0.05, 0.1) is 8.89 Å². The molecule has 2 aromatic rings. The monoisotopic (exact) mass is 226 g/mol. The Morgan fingerprint density at radius 3 is 2.79 bits per heavy atom. The van der Waals surface area contributed by atoms with Crippen molar-refractivity contribution < 1.29 is 4.79 Å². The lowest BCUT2D eigenvalue weighted by Crippen LogP contribution is -2.29. The normalized spacial score (nSPS) is 10.8. The lowest BCUT2D eigenvalue weighted by atomic mass is 10.1. The smallest absolute Gasteiger partial charge is 0.275 e. The van der Waals surface area contributed by atoms with E-state index < -0.39 is 0 Å². The van der Waals surface area contributed by atoms with Gasteiger partial charge in [0.25, 0.3) is 5.91 Å². The summed E-state index contributed by atoms with van der Waals surface area (Å²) < 4.78 is 1.19. The highest BCUT2D eigenvalue weighted by molar-refractivity contribution is 7.38. The van der Waals surface area contributed by atoms with Gasteiger partial charge in [-0.2, -0.15) is 0 Å². The highest BCUT2D eigenvalue weighted by Crippen LogP contribution is 2.37. The maximum atomic E-state index is 11.4. The lowest BCUT2D eigenvalue weighted by molar-refractivity contribution is 0.0957. The first kappa shape index (κ1) is 9.64. The van der Waals surface area contributed by atoms with Crippen LogP contribution < -0.4 is 11.3 Å². The highest BCUT2D eigenvalue weighted by Gasteiger charge is 2.16. The van der Waals surface area contributed by atoms with Crippen LogP contribution in [-0.4, -0.2) is 5.91 Å². The van der Waals surface area contributed by atoms with E-state index in [1.165, 1.54) is 26.3 Å². The summed E-state index contributed by atoms with van der Waals surface area (Å²) in [4.78, 5) is 12.1. The number of fused-ring (bicyclic) bond motifs is 1. The molecule has 3 nitrogen and oxygen atoms in total. The molecule has 5 heteroatoms. The molecule has 14 heavy (non-hydrogen) atoms. The molecule has 2 rings (SSSR count). The number of hydrogen-bond acceptors (Lipinski definition) is 4. The number of hydrazine groups is 1. The molecule has 0 aliphatic heterocycles. The maximum absolute atomic E-state index is 11.4. The SMILES string of the molecule is Cc1csc2sc(C(=O)NN)c(C)c12. The lowest BCUT2D eigenvalue weighted by Gasteiger charge is -1.96.